The van der Waals surface area contributed by atoms with Crippen molar-refractivity contribution in [3.8, 4) is 0 Å². The molecule has 1 fully saturated rings. The van der Waals surface area contributed by atoms with Crippen molar-refractivity contribution in [2.75, 3.05) is 11.9 Å². The predicted octanol–water partition coefficient (Wildman–Crippen LogP) is 6.15. The molecule has 1 aromatic heterocycles. The Morgan fingerprint density at radius 1 is 1.21 bits per heavy atom. The summed E-state index contributed by atoms with van der Waals surface area (Å²) in [5.41, 5.74) is 1.72. The molecule has 3 aromatic rings. The van der Waals surface area contributed by atoms with Gasteiger partial charge in [0.25, 0.3) is 5.91 Å². The second kappa shape index (κ2) is 11.2. The molecule has 1 aliphatic rings. The van der Waals surface area contributed by atoms with Gasteiger partial charge in [-0.3, -0.25) is 14.5 Å². The molecule has 174 valence electrons. The fourth-order valence-corrected chi connectivity index (χ4v) is 5.62. The quantitative estimate of drug-likeness (QED) is 0.279. The van der Waals surface area contributed by atoms with E-state index >= 15 is 0 Å². The molecule has 0 saturated carbocycles. The van der Waals surface area contributed by atoms with Crippen LogP contribution in [0.5, 0.6) is 0 Å². The molecule has 1 aliphatic heterocycles. The first-order chi connectivity index (χ1) is 16.4. The van der Waals surface area contributed by atoms with Crippen molar-refractivity contribution in [3.63, 3.8) is 0 Å². The number of thiocarbonyl (C=S) groups is 1. The summed E-state index contributed by atoms with van der Waals surface area (Å²) in [5.74, 6) is -0.715. The van der Waals surface area contributed by atoms with Crippen LogP contribution in [0.4, 0.5) is 9.52 Å². The lowest BCUT2D eigenvalue weighted by Crippen LogP contribution is -2.29. The first-order valence-corrected chi connectivity index (χ1v) is 12.8. The number of hydrogen-bond donors (Lipinski definition) is 1. The number of benzene rings is 2. The summed E-state index contributed by atoms with van der Waals surface area (Å²) < 4.78 is 13.5. The number of nitrogens with zero attached hydrogens (tertiary/aromatic N) is 2. The second-order valence-electron chi connectivity index (χ2n) is 7.44. The number of amides is 2. The largest absolute Gasteiger partial charge is 0.302 e. The van der Waals surface area contributed by atoms with Crippen LogP contribution in [-0.4, -0.2) is 32.6 Å². The van der Waals surface area contributed by atoms with Gasteiger partial charge >= 0.3 is 0 Å². The standard InChI is InChI=1S/C24H19ClFN3O2S3/c25-19-5-2-1-4-16(19)13-18-14-27-23(33-18)28-21(30)6-3-11-29-22(31)20(34-24(29)32)12-15-7-9-17(26)10-8-15/h1-2,4-5,7-10,12,14H,3,6,11,13H2,(H,27,28,30)/b20-12-. The molecule has 4 rings (SSSR count). The van der Waals surface area contributed by atoms with E-state index in [1.807, 2.05) is 24.3 Å². The zero-order chi connectivity index (χ0) is 24.1. The highest BCUT2D eigenvalue weighted by molar-refractivity contribution is 8.26. The minimum atomic E-state index is -0.336. The maximum Gasteiger partial charge on any atom is 0.266 e. The normalized spacial score (nSPS) is 14.8. The Hall–Kier alpha value is -2.59. The Bertz CT molecular complexity index is 1260. The molecule has 0 unspecified atom stereocenters. The zero-order valence-electron chi connectivity index (χ0n) is 17.8. The molecule has 34 heavy (non-hydrogen) atoms. The molecule has 1 saturated heterocycles. The Balaban J connectivity index is 1.26. The van der Waals surface area contributed by atoms with Crippen molar-refractivity contribution in [2.24, 2.45) is 0 Å². The SMILES string of the molecule is O=C(CCCN1C(=O)/C(=C/c2ccc(F)cc2)SC1=S)Nc1ncc(Cc2ccccc2Cl)s1. The van der Waals surface area contributed by atoms with E-state index in [0.29, 0.717) is 38.8 Å². The van der Waals surface area contributed by atoms with Crippen LogP contribution in [0.15, 0.2) is 59.6 Å². The summed E-state index contributed by atoms with van der Waals surface area (Å²) in [6.45, 7) is 0.342. The smallest absolute Gasteiger partial charge is 0.266 e. The Morgan fingerprint density at radius 3 is 2.74 bits per heavy atom. The van der Waals surface area contributed by atoms with Crippen LogP contribution >= 0.6 is 46.9 Å². The van der Waals surface area contributed by atoms with Crippen molar-refractivity contribution in [3.05, 3.63) is 86.5 Å². The molecule has 5 nitrogen and oxygen atoms in total. The third kappa shape index (κ3) is 6.29. The lowest BCUT2D eigenvalue weighted by molar-refractivity contribution is -0.122. The van der Waals surface area contributed by atoms with Gasteiger partial charge in [0, 0.05) is 35.5 Å². The van der Waals surface area contributed by atoms with E-state index in [1.165, 1.54) is 40.1 Å². The Kier molecular flexibility index (Phi) is 8.10. The van der Waals surface area contributed by atoms with E-state index in [1.54, 1.807) is 24.4 Å². The third-order valence-electron chi connectivity index (χ3n) is 4.95. The van der Waals surface area contributed by atoms with Crippen LogP contribution in [-0.2, 0) is 16.0 Å². The van der Waals surface area contributed by atoms with Gasteiger partial charge in [-0.15, -0.1) is 11.3 Å². The number of hydrogen-bond acceptors (Lipinski definition) is 6. The van der Waals surface area contributed by atoms with Crippen LogP contribution in [0.3, 0.4) is 0 Å². The summed E-state index contributed by atoms with van der Waals surface area (Å²) >= 11 is 14.1. The summed E-state index contributed by atoms with van der Waals surface area (Å²) in [4.78, 5) is 32.3. The first-order valence-electron chi connectivity index (χ1n) is 10.4. The van der Waals surface area contributed by atoms with Crippen LogP contribution in [0.1, 0.15) is 28.8 Å². The summed E-state index contributed by atoms with van der Waals surface area (Å²) in [7, 11) is 0. The number of anilines is 1. The third-order valence-corrected chi connectivity index (χ3v) is 7.61. The van der Waals surface area contributed by atoms with Crippen LogP contribution < -0.4 is 5.32 Å². The number of rotatable bonds is 8. The van der Waals surface area contributed by atoms with Gasteiger partial charge in [-0.2, -0.15) is 0 Å². The average molecular weight is 532 g/mol. The highest BCUT2D eigenvalue weighted by Gasteiger charge is 2.31. The van der Waals surface area contributed by atoms with E-state index in [2.05, 4.69) is 10.3 Å². The highest BCUT2D eigenvalue weighted by atomic mass is 35.5. The molecule has 2 amide bonds. The molecule has 0 radical (unpaired) electrons. The number of thiazole rings is 1. The van der Waals surface area contributed by atoms with Crippen LogP contribution in [0.25, 0.3) is 6.08 Å². The molecule has 0 bridgehead atoms. The Labute approximate surface area is 215 Å². The summed E-state index contributed by atoms with van der Waals surface area (Å²) in [5, 5.41) is 4.03. The lowest BCUT2D eigenvalue weighted by atomic mass is 10.1. The topological polar surface area (TPSA) is 62.3 Å². The number of halogens is 2. The van der Waals surface area contributed by atoms with Crippen molar-refractivity contribution in [2.45, 2.75) is 19.3 Å². The van der Waals surface area contributed by atoms with Gasteiger partial charge in [0.1, 0.15) is 10.1 Å². The second-order valence-corrected chi connectivity index (χ2v) is 10.6. The summed E-state index contributed by atoms with van der Waals surface area (Å²) in [6, 6.07) is 13.5. The Morgan fingerprint density at radius 2 is 1.97 bits per heavy atom. The van der Waals surface area contributed by atoms with Crippen molar-refractivity contribution in [1.29, 1.82) is 0 Å². The van der Waals surface area contributed by atoms with Crippen molar-refractivity contribution in [1.82, 2.24) is 9.88 Å². The number of carbonyl (C=O) groups excluding carboxylic acids is 2. The minimum absolute atomic E-state index is 0.175. The number of aromatic nitrogens is 1. The molecule has 0 aliphatic carbocycles. The summed E-state index contributed by atoms with van der Waals surface area (Å²) in [6.07, 6.45) is 4.76. The molecule has 1 N–H and O–H groups in total. The number of nitrogens with one attached hydrogen (secondary N) is 1. The fraction of sp³-hybridized carbons (Fsp3) is 0.167. The first kappa shape index (κ1) is 24.5. The molecule has 0 atom stereocenters. The van der Waals surface area contributed by atoms with Gasteiger partial charge in [0.15, 0.2) is 5.13 Å². The fourth-order valence-electron chi connectivity index (χ4n) is 3.26. The number of thioether (sulfide) groups is 1. The van der Waals surface area contributed by atoms with Crippen molar-refractivity contribution >= 4 is 74.3 Å². The van der Waals surface area contributed by atoms with Crippen LogP contribution in [0, 0.1) is 5.82 Å². The lowest BCUT2D eigenvalue weighted by Gasteiger charge is -2.13. The molecule has 10 heteroatoms. The van der Waals surface area contributed by atoms with E-state index in [9.17, 15) is 14.0 Å². The average Bonchev–Trinajstić information content (AvgIpc) is 3.35. The maximum atomic E-state index is 13.1. The van der Waals surface area contributed by atoms with E-state index in [0.717, 1.165) is 16.0 Å². The van der Waals surface area contributed by atoms with E-state index in [-0.39, 0.29) is 24.1 Å². The van der Waals surface area contributed by atoms with Gasteiger partial charge in [0.05, 0.1) is 4.91 Å². The predicted molar refractivity (Wildman–Crippen MR) is 141 cm³/mol. The minimum Gasteiger partial charge on any atom is -0.302 e. The van der Waals surface area contributed by atoms with Gasteiger partial charge in [-0.1, -0.05) is 65.9 Å². The van der Waals surface area contributed by atoms with Crippen LogP contribution in [0.2, 0.25) is 5.02 Å². The van der Waals surface area contributed by atoms with Gasteiger partial charge in [0.2, 0.25) is 5.91 Å². The molecule has 0 spiro atoms. The zero-order valence-corrected chi connectivity index (χ0v) is 21.0. The monoisotopic (exact) mass is 531 g/mol. The van der Waals surface area contributed by atoms with Crippen molar-refractivity contribution < 1.29 is 14.0 Å². The van der Waals surface area contributed by atoms with Gasteiger partial charge < -0.3 is 5.32 Å². The van der Waals surface area contributed by atoms with E-state index in [4.69, 9.17) is 23.8 Å². The molecular formula is C24H19ClFN3O2S3. The highest BCUT2D eigenvalue weighted by Crippen LogP contribution is 2.33. The maximum absolute atomic E-state index is 13.1. The molecule has 2 heterocycles. The van der Waals surface area contributed by atoms with E-state index < -0.39 is 0 Å². The molecular weight excluding hydrogens is 513 g/mol. The van der Waals surface area contributed by atoms with Gasteiger partial charge in [-0.25, -0.2) is 9.37 Å². The van der Waals surface area contributed by atoms with Gasteiger partial charge in [-0.05, 0) is 41.8 Å². The number of carbonyl (C=O) groups is 2. The molecule has 2 aromatic carbocycles.